The molecule has 5 nitrogen and oxygen atoms in total. The summed E-state index contributed by atoms with van der Waals surface area (Å²) >= 11 is 0. The minimum Gasteiger partial charge on any atom is -0.491 e. The van der Waals surface area contributed by atoms with Crippen molar-refractivity contribution in [1.29, 1.82) is 0 Å². The van der Waals surface area contributed by atoms with Crippen LogP contribution in [0.25, 0.3) is 0 Å². The molecule has 0 aliphatic carbocycles. The summed E-state index contributed by atoms with van der Waals surface area (Å²) in [6.07, 6.45) is -0.544. The number of carbonyl (C=O) groups is 2. The second-order valence-electron chi connectivity index (χ2n) is 5.47. The van der Waals surface area contributed by atoms with Crippen molar-refractivity contribution in [2.45, 2.75) is 47.1 Å². The average molecular weight is 327 g/mol. The summed E-state index contributed by atoms with van der Waals surface area (Å²) in [5.74, 6) is -0.501. The second kappa shape index (κ2) is 9.82. The fraction of sp³-hybridized carbons (Fsp3) is 0.529. The van der Waals surface area contributed by atoms with Crippen molar-refractivity contribution in [2.75, 3.05) is 13.2 Å². The van der Waals surface area contributed by atoms with Gasteiger partial charge in [-0.3, -0.25) is 4.79 Å². The highest BCUT2D eigenvalue weighted by Crippen LogP contribution is 2.20. The Bertz CT molecular complexity index is 524. The fourth-order valence-electron chi connectivity index (χ4n) is 1.53. The molecule has 1 N–H and O–H groups in total. The van der Waals surface area contributed by atoms with Gasteiger partial charge in [-0.05, 0) is 45.9 Å². The number of halogens is 1. The van der Waals surface area contributed by atoms with Crippen molar-refractivity contribution < 1.29 is 23.5 Å². The highest BCUT2D eigenvalue weighted by Gasteiger charge is 2.15. The van der Waals surface area contributed by atoms with Crippen molar-refractivity contribution >= 4 is 11.9 Å². The third-order valence-electron chi connectivity index (χ3n) is 2.35. The Morgan fingerprint density at radius 2 is 1.83 bits per heavy atom. The van der Waals surface area contributed by atoms with E-state index in [1.165, 1.54) is 19.1 Å². The molecule has 23 heavy (non-hydrogen) atoms. The zero-order valence-electron chi connectivity index (χ0n) is 14.7. The first-order valence-corrected chi connectivity index (χ1v) is 7.59. The van der Waals surface area contributed by atoms with Crippen molar-refractivity contribution in [2.24, 2.45) is 0 Å². The Morgan fingerprint density at radius 3 is 2.35 bits per heavy atom. The van der Waals surface area contributed by atoms with Crippen molar-refractivity contribution in [3.05, 3.63) is 29.6 Å². The van der Waals surface area contributed by atoms with Gasteiger partial charge in [0, 0.05) is 0 Å². The minimum absolute atomic E-state index is 0.144. The van der Waals surface area contributed by atoms with E-state index in [4.69, 9.17) is 9.47 Å². The normalized spacial score (nSPS) is 10.2. The van der Waals surface area contributed by atoms with Gasteiger partial charge in [0.25, 0.3) is 0 Å². The number of Topliss-reactive ketones (excluding diaryl/α,β-unsaturated/α-hetero) is 1. The lowest BCUT2D eigenvalue weighted by molar-refractivity contribution is 0.0519. The molecule has 130 valence electrons. The van der Waals surface area contributed by atoms with Crippen molar-refractivity contribution in [3.8, 4) is 5.75 Å². The van der Waals surface area contributed by atoms with Crippen LogP contribution in [0.1, 0.15) is 51.9 Å². The lowest BCUT2D eigenvalue weighted by Gasteiger charge is -2.19. The van der Waals surface area contributed by atoms with Gasteiger partial charge in [0.2, 0.25) is 0 Å². The molecule has 1 aromatic rings. The van der Waals surface area contributed by atoms with Crippen LogP contribution in [0.5, 0.6) is 5.75 Å². The van der Waals surface area contributed by atoms with E-state index in [0.29, 0.717) is 0 Å². The molecular weight excluding hydrogens is 301 g/mol. The fourth-order valence-corrected chi connectivity index (χ4v) is 1.53. The van der Waals surface area contributed by atoms with Crippen LogP contribution in [-0.2, 0) is 4.74 Å². The number of ketones is 1. The van der Waals surface area contributed by atoms with Gasteiger partial charge in [0.15, 0.2) is 5.78 Å². The largest absolute Gasteiger partial charge is 0.491 e. The number of alkyl carbamates (subject to hydrolysis) is 1. The van der Waals surface area contributed by atoms with Gasteiger partial charge in [-0.25, -0.2) is 9.18 Å². The van der Waals surface area contributed by atoms with E-state index in [1.54, 1.807) is 20.8 Å². The Labute approximate surface area is 137 Å². The van der Waals surface area contributed by atoms with Gasteiger partial charge in [0.1, 0.15) is 23.8 Å². The molecule has 0 saturated carbocycles. The van der Waals surface area contributed by atoms with Gasteiger partial charge >= 0.3 is 6.09 Å². The molecule has 0 unspecified atom stereocenters. The topological polar surface area (TPSA) is 64.6 Å². The molecule has 0 fully saturated rings. The maximum Gasteiger partial charge on any atom is 0.407 e. The third-order valence-corrected chi connectivity index (χ3v) is 2.35. The molecule has 0 aliphatic heterocycles. The zero-order valence-corrected chi connectivity index (χ0v) is 14.7. The smallest absolute Gasteiger partial charge is 0.407 e. The minimum atomic E-state index is -0.566. The molecule has 0 radical (unpaired) electrons. The molecule has 0 atom stereocenters. The van der Waals surface area contributed by atoms with E-state index < -0.39 is 17.5 Å². The maximum absolute atomic E-state index is 13.1. The van der Waals surface area contributed by atoms with Crippen LogP contribution in [0.2, 0.25) is 0 Å². The lowest BCUT2D eigenvalue weighted by atomic mass is 10.1. The Balaban J connectivity index is 0.00000232. The molecule has 0 aliphatic rings. The van der Waals surface area contributed by atoms with Crippen LogP contribution < -0.4 is 10.1 Å². The van der Waals surface area contributed by atoms with Crippen LogP contribution >= 0.6 is 0 Å². The number of ether oxygens (including phenoxy) is 2. The molecule has 6 heteroatoms. The molecule has 0 aromatic heterocycles. The number of amides is 1. The number of hydrogen-bond donors (Lipinski definition) is 1. The van der Waals surface area contributed by atoms with Crippen molar-refractivity contribution in [3.63, 3.8) is 0 Å². The number of nitrogens with one attached hydrogen (secondary N) is 1. The van der Waals surface area contributed by atoms with Gasteiger partial charge in [-0.1, -0.05) is 13.8 Å². The molecule has 0 bridgehead atoms. The lowest BCUT2D eigenvalue weighted by Crippen LogP contribution is -2.34. The van der Waals surface area contributed by atoms with Crippen LogP contribution in [0.4, 0.5) is 9.18 Å². The third kappa shape index (κ3) is 8.80. The summed E-state index contributed by atoms with van der Waals surface area (Å²) < 4.78 is 23.5. The van der Waals surface area contributed by atoms with E-state index in [2.05, 4.69) is 5.32 Å². The Hall–Kier alpha value is -2.11. The van der Waals surface area contributed by atoms with Crippen molar-refractivity contribution in [1.82, 2.24) is 5.32 Å². The number of rotatable bonds is 5. The van der Waals surface area contributed by atoms with Gasteiger partial charge in [0.05, 0.1) is 12.1 Å². The van der Waals surface area contributed by atoms with Crippen LogP contribution in [0.3, 0.4) is 0 Å². The second-order valence-corrected chi connectivity index (χ2v) is 5.47. The summed E-state index contributed by atoms with van der Waals surface area (Å²) in [6.45, 7) is 11.0. The van der Waals surface area contributed by atoms with Gasteiger partial charge in [-0.2, -0.15) is 0 Å². The summed E-state index contributed by atoms with van der Waals surface area (Å²) in [7, 11) is 0. The number of carbonyl (C=O) groups excluding carboxylic acids is 2. The highest BCUT2D eigenvalue weighted by molar-refractivity contribution is 5.96. The summed E-state index contributed by atoms with van der Waals surface area (Å²) in [6, 6.07) is 3.72. The molecule has 1 rings (SSSR count). The predicted molar refractivity (Wildman–Crippen MR) is 87.5 cm³/mol. The van der Waals surface area contributed by atoms with Gasteiger partial charge in [-0.15, -0.1) is 0 Å². The predicted octanol–water partition coefficient (Wildman–Crippen LogP) is 3.96. The van der Waals surface area contributed by atoms with Crippen LogP contribution in [0.15, 0.2) is 18.2 Å². The summed E-state index contributed by atoms with van der Waals surface area (Å²) in [5.41, 5.74) is -0.392. The molecule has 0 heterocycles. The number of benzene rings is 1. The quantitative estimate of drug-likeness (QED) is 0.657. The van der Waals surface area contributed by atoms with Crippen LogP contribution in [0, 0.1) is 5.82 Å². The SMILES string of the molecule is CC.CC(=O)c1cc(F)ccc1OCCNC(=O)OC(C)(C)C. The first-order chi connectivity index (χ1) is 10.7. The van der Waals surface area contributed by atoms with E-state index in [-0.39, 0.29) is 30.2 Å². The monoisotopic (exact) mass is 327 g/mol. The van der Waals surface area contributed by atoms with Crippen LogP contribution in [-0.4, -0.2) is 30.6 Å². The zero-order chi connectivity index (χ0) is 18.0. The number of hydrogen-bond acceptors (Lipinski definition) is 4. The molecular formula is C17H26FNO4. The molecule has 1 aromatic carbocycles. The Morgan fingerprint density at radius 1 is 1.22 bits per heavy atom. The highest BCUT2D eigenvalue weighted by atomic mass is 19.1. The standard InChI is InChI=1S/C15H20FNO4.C2H6/c1-10(18)12-9-11(16)5-6-13(12)20-8-7-17-14(19)21-15(2,3)4;1-2/h5-6,9H,7-8H2,1-4H3,(H,17,19);1-2H3. The first kappa shape index (κ1) is 20.9. The van der Waals surface area contributed by atoms with E-state index in [9.17, 15) is 14.0 Å². The van der Waals surface area contributed by atoms with E-state index >= 15 is 0 Å². The summed E-state index contributed by atoms with van der Waals surface area (Å²) in [5, 5.41) is 2.52. The molecule has 1 amide bonds. The Kier molecular flexibility index (Phi) is 8.92. The average Bonchev–Trinajstić information content (AvgIpc) is 2.45. The maximum atomic E-state index is 13.1. The van der Waals surface area contributed by atoms with E-state index in [1.807, 2.05) is 13.8 Å². The van der Waals surface area contributed by atoms with E-state index in [0.717, 1.165) is 6.07 Å². The first-order valence-electron chi connectivity index (χ1n) is 7.59. The summed E-state index contributed by atoms with van der Waals surface area (Å²) in [4.78, 5) is 22.8. The molecule has 0 spiro atoms. The van der Waals surface area contributed by atoms with Gasteiger partial charge < -0.3 is 14.8 Å². The molecule has 0 saturated heterocycles.